The first-order valence-corrected chi connectivity index (χ1v) is 13.2. The van der Waals surface area contributed by atoms with Gasteiger partial charge in [-0.15, -0.1) is 0 Å². The van der Waals surface area contributed by atoms with Crippen LogP contribution in [0.2, 0.25) is 5.02 Å². The summed E-state index contributed by atoms with van der Waals surface area (Å²) in [5, 5.41) is 0.790. The van der Waals surface area contributed by atoms with Gasteiger partial charge in [-0.05, 0) is 88.5 Å². The summed E-state index contributed by atoms with van der Waals surface area (Å²) in [6.07, 6.45) is 3.51. The molecule has 34 heavy (non-hydrogen) atoms. The maximum atomic E-state index is 12.0. The Morgan fingerprint density at radius 1 is 1.09 bits per heavy atom. The normalized spacial score (nSPS) is 18.8. The van der Waals surface area contributed by atoms with Gasteiger partial charge in [-0.2, -0.15) is 0 Å². The number of allylic oxidation sites excluding steroid dienone is 1. The molecule has 182 valence electrons. The molecule has 1 aliphatic carbocycles. The van der Waals surface area contributed by atoms with Crippen LogP contribution in [0.4, 0.5) is 5.69 Å². The second-order valence-electron chi connectivity index (χ2n) is 10.3. The summed E-state index contributed by atoms with van der Waals surface area (Å²) in [7, 11) is 1.42. The number of hydrogen-bond acceptors (Lipinski definition) is 4. The van der Waals surface area contributed by atoms with Crippen LogP contribution in [0.1, 0.15) is 54.6 Å². The van der Waals surface area contributed by atoms with Crippen LogP contribution in [0.25, 0.3) is 5.57 Å². The van der Waals surface area contributed by atoms with Crippen LogP contribution < -0.4 is 4.90 Å². The zero-order valence-corrected chi connectivity index (χ0v) is 22.9. The molecule has 0 unspecified atom stereocenters. The Labute approximate surface area is 217 Å². The molecule has 0 atom stereocenters. The van der Waals surface area contributed by atoms with E-state index in [4.69, 9.17) is 16.3 Å². The fourth-order valence-electron chi connectivity index (χ4n) is 5.13. The number of rotatable bonds is 5. The lowest BCUT2D eigenvalue weighted by atomic mass is 9.72. The van der Waals surface area contributed by atoms with E-state index in [0.29, 0.717) is 11.0 Å². The van der Waals surface area contributed by atoms with E-state index in [1.165, 1.54) is 24.7 Å². The number of carbonyl (C=O) groups excluding carboxylic acids is 1. The topological polar surface area (TPSA) is 32.8 Å². The van der Waals surface area contributed by atoms with Gasteiger partial charge >= 0.3 is 5.97 Å². The average Bonchev–Trinajstić information content (AvgIpc) is 2.82. The SMILES string of the molecule is COC(=O)c1ccc(N2CCN(CC3=C(c4ccc(Cl)cc4)CC(C)(C)CC3)CC2)c(Br)c1C. The van der Waals surface area contributed by atoms with Gasteiger partial charge in [0.1, 0.15) is 0 Å². The number of nitrogens with zero attached hydrogens (tertiary/aromatic N) is 2. The molecule has 6 heteroatoms. The van der Waals surface area contributed by atoms with Crippen molar-refractivity contribution in [2.24, 2.45) is 5.41 Å². The quantitative estimate of drug-likeness (QED) is 0.379. The van der Waals surface area contributed by atoms with Crippen molar-refractivity contribution in [2.45, 2.75) is 40.0 Å². The van der Waals surface area contributed by atoms with Crippen molar-refractivity contribution in [2.75, 3.05) is 44.7 Å². The number of carbonyl (C=O) groups is 1. The molecule has 4 nitrogen and oxygen atoms in total. The number of ether oxygens (including phenoxy) is 1. The van der Waals surface area contributed by atoms with Crippen LogP contribution in [-0.4, -0.2) is 50.7 Å². The molecule has 1 fully saturated rings. The van der Waals surface area contributed by atoms with Gasteiger partial charge in [0.2, 0.25) is 0 Å². The summed E-state index contributed by atoms with van der Waals surface area (Å²) >= 11 is 9.89. The molecular formula is C28H34BrClN2O2. The van der Waals surface area contributed by atoms with Crippen molar-refractivity contribution >= 4 is 44.8 Å². The number of halogens is 2. The summed E-state index contributed by atoms with van der Waals surface area (Å²) in [5.74, 6) is -0.296. The molecule has 1 aliphatic heterocycles. The van der Waals surface area contributed by atoms with Gasteiger partial charge < -0.3 is 9.64 Å². The van der Waals surface area contributed by atoms with Crippen molar-refractivity contribution in [1.82, 2.24) is 4.90 Å². The number of methoxy groups -OCH3 is 1. The molecule has 0 amide bonds. The van der Waals surface area contributed by atoms with Crippen LogP contribution in [-0.2, 0) is 4.74 Å². The minimum atomic E-state index is -0.296. The first kappa shape index (κ1) is 25.3. The summed E-state index contributed by atoms with van der Waals surface area (Å²) in [6.45, 7) is 11.7. The van der Waals surface area contributed by atoms with Gasteiger partial charge in [0.25, 0.3) is 0 Å². The number of benzene rings is 2. The smallest absolute Gasteiger partial charge is 0.338 e. The van der Waals surface area contributed by atoms with Gasteiger partial charge in [-0.25, -0.2) is 4.79 Å². The lowest BCUT2D eigenvalue weighted by Crippen LogP contribution is -2.47. The summed E-state index contributed by atoms with van der Waals surface area (Å²) in [4.78, 5) is 17.0. The Kier molecular flexibility index (Phi) is 7.75. The Hall–Kier alpha value is -1.82. The number of hydrogen-bond donors (Lipinski definition) is 0. The molecule has 0 aromatic heterocycles. The molecule has 1 heterocycles. The molecular weight excluding hydrogens is 512 g/mol. The average molecular weight is 546 g/mol. The highest BCUT2D eigenvalue weighted by Crippen LogP contribution is 2.43. The molecule has 0 radical (unpaired) electrons. The molecule has 0 spiro atoms. The fourth-order valence-corrected chi connectivity index (χ4v) is 5.85. The van der Waals surface area contributed by atoms with E-state index in [9.17, 15) is 4.79 Å². The van der Waals surface area contributed by atoms with Crippen molar-refractivity contribution in [1.29, 1.82) is 0 Å². The largest absolute Gasteiger partial charge is 0.465 e. The van der Waals surface area contributed by atoms with E-state index in [1.807, 2.05) is 31.2 Å². The Bertz CT molecular complexity index is 1090. The number of esters is 1. The summed E-state index contributed by atoms with van der Waals surface area (Å²) in [5.41, 5.74) is 7.41. The zero-order valence-electron chi connectivity index (χ0n) is 20.6. The maximum Gasteiger partial charge on any atom is 0.338 e. The number of piperazine rings is 1. The van der Waals surface area contributed by atoms with Gasteiger partial charge in [-0.3, -0.25) is 4.90 Å². The van der Waals surface area contributed by atoms with Crippen molar-refractivity contribution < 1.29 is 9.53 Å². The highest BCUT2D eigenvalue weighted by atomic mass is 79.9. The highest BCUT2D eigenvalue weighted by molar-refractivity contribution is 9.10. The third kappa shape index (κ3) is 5.53. The van der Waals surface area contributed by atoms with Crippen molar-refractivity contribution in [3.05, 3.63) is 68.2 Å². The van der Waals surface area contributed by atoms with Crippen LogP contribution in [0.5, 0.6) is 0 Å². The first-order valence-electron chi connectivity index (χ1n) is 12.0. The molecule has 4 rings (SSSR count). The van der Waals surface area contributed by atoms with Crippen LogP contribution in [0.15, 0.2) is 46.4 Å². The second kappa shape index (κ2) is 10.4. The molecule has 0 N–H and O–H groups in total. The molecule has 2 aliphatic rings. The van der Waals surface area contributed by atoms with E-state index in [2.05, 4.69) is 51.7 Å². The van der Waals surface area contributed by atoms with Gasteiger partial charge in [0, 0.05) is 42.2 Å². The third-order valence-electron chi connectivity index (χ3n) is 7.28. The zero-order chi connectivity index (χ0) is 24.5. The van der Waals surface area contributed by atoms with Gasteiger partial charge in [-0.1, -0.05) is 43.2 Å². The van der Waals surface area contributed by atoms with E-state index in [-0.39, 0.29) is 5.97 Å². The molecule has 1 saturated heterocycles. The van der Waals surface area contributed by atoms with Crippen LogP contribution in [0.3, 0.4) is 0 Å². The predicted molar refractivity (Wildman–Crippen MR) is 145 cm³/mol. The van der Waals surface area contributed by atoms with Crippen LogP contribution in [0, 0.1) is 12.3 Å². The lowest BCUT2D eigenvalue weighted by Gasteiger charge is -2.39. The summed E-state index contributed by atoms with van der Waals surface area (Å²) < 4.78 is 5.89. The predicted octanol–water partition coefficient (Wildman–Crippen LogP) is 6.98. The summed E-state index contributed by atoms with van der Waals surface area (Å²) in [6, 6.07) is 12.3. The fraction of sp³-hybridized carbons (Fsp3) is 0.464. The van der Waals surface area contributed by atoms with Gasteiger partial charge in [0.15, 0.2) is 0 Å². The monoisotopic (exact) mass is 544 g/mol. The Balaban J connectivity index is 1.47. The minimum absolute atomic E-state index is 0.296. The Morgan fingerprint density at radius 2 is 1.76 bits per heavy atom. The standard InChI is InChI=1S/C28H34BrClN2O2/c1-19-23(27(33)34-4)9-10-25(26(19)29)32-15-13-31(14-16-32)18-21-11-12-28(2,3)17-24(21)20-5-7-22(30)8-6-20/h5-10H,11-18H2,1-4H3. The molecule has 0 bridgehead atoms. The van der Waals surface area contributed by atoms with Crippen molar-refractivity contribution in [3.63, 3.8) is 0 Å². The van der Waals surface area contributed by atoms with Crippen LogP contribution >= 0.6 is 27.5 Å². The second-order valence-corrected chi connectivity index (χ2v) is 11.5. The van der Waals surface area contributed by atoms with E-state index >= 15 is 0 Å². The van der Waals surface area contributed by atoms with E-state index in [1.54, 1.807) is 5.57 Å². The first-order chi connectivity index (χ1) is 16.2. The lowest BCUT2D eigenvalue weighted by molar-refractivity contribution is 0.0600. The van der Waals surface area contributed by atoms with E-state index < -0.39 is 0 Å². The molecule has 0 saturated carbocycles. The van der Waals surface area contributed by atoms with Crippen molar-refractivity contribution in [3.8, 4) is 0 Å². The Morgan fingerprint density at radius 3 is 2.41 bits per heavy atom. The van der Waals surface area contributed by atoms with Gasteiger partial charge in [0.05, 0.1) is 18.4 Å². The minimum Gasteiger partial charge on any atom is -0.465 e. The van der Waals surface area contributed by atoms with E-state index in [0.717, 1.165) is 66.3 Å². The maximum absolute atomic E-state index is 12.0. The third-order valence-corrected chi connectivity index (χ3v) is 8.53. The molecule has 2 aromatic rings. The highest BCUT2D eigenvalue weighted by Gasteiger charge is 2.29. The molecule has 2 aromatic carbocycles. The number of anilines is 1.